The highest BCUT2D eigenvalue weighted by Gasteiger charge is 2.21. The van der Waals surface area contributed by atoms with Gasteiger partial charge in [-0.1, -0.05) is 19.1 Å². The Morgan fingerprint density at radius 1 is 1.52 bits per heavy atom. The first-order valence-corrected chi connectivity index (χ1v) is 7.79. The lowest BCUT2D eigenvalue weighted by Crippen LogP contribution is -2.35. The molecule has 0 aliphatic carbocycles. The molecular formula is C17H26N2O2. The van der Waals surface area contributed by atoms with E-state index in [0.717, 1.165) is 24.4 Å². The summed E-state index contributed by atoms with van der Waals surface area (Å²) >= 11 is 0. The van der Waals surface area contributed by atoms with Crippen molar-refractivity contribution in [1.29, 1.82) is 0 Å². The van der Waals surface area contributed by atoms with E-state index in [-0.39, 0.29) is 5.91 Å². The molecule has 1 aromatic rings. The summed E-state index contributed by atoms with van der Waals surface area (Å²) in [6, 6.07) is 7.80. The standard InChI is InChI=1S/C17H26N2O2/c1-13(15-6-4-8-18-12-15)9-17(20)19-11-14-5-3-7-16(10-14)21-2/h3,5,7,10,13,15,18H,4,6,8-9,11-12H2,1-2H3,(H,19,20). The first-order chi connectivity index (χ1) is 10.2. The number of rotatable bonds is 6. The number of benzene rings is 1. The number of methoxy groups -OCH3 is 1. The summed E-state index contributed by atoms with van der Waals surface area (Å²) in [7, 11) is 1.65. The van der Waals surface area contributed by atoms with Crippen molar-refractivity contribution >= 4 is 5.91 Å². The van der Waals surface area contributed by atoms with E-state index in [1.165, 1.54) is 12.8 Å². The molecule has 1 fully saturated rings. The summed E-state index contributed by atoms with van der Waals surface area (Å²) < 4.78 is 5.19. The molecule has 4 nitrogen and oxygen atoms in total. The predicted octanol–water partition coefficient (Wildman–Crippen LogP) is 2.34. The minimum atomic E-state index is 0.135. The van der Waals surface area contributed by atoms with Crippen molar-refractivity contribution in [2.24, 2.45) is 11.8 Å². The number of amides is 1. The zero-order valence-corrected chi connectivity index (χ0v) is 13.0. The van der Waals surface area contributed by atoms with Crippen LogP contribution in [0.5, 0.6) is 5.75 Å². The first-order valence-electron chi connectivity index (χ1n) is 7.79. The van der Waals surface area contributed by atoms with Gasteiger partial charge in [-0.05, 0) is 55.5 Å². The van der Waals surface area contributed by atoms with Crippen LogP contribution < -0.4 is 15.4 Å². The lowest BCUT2D eigenvalue weighted by molar-refractivity contribution is -0.122. The van der Waals surface area contributed by atoms with E-state index in [0.29, 0.717) is 24.8 Å². The van der Waals surface area contributed by atoms with Gasteiger partial charge < -0.3 is 15.4 Å². The zero-order chi connectivity index (χ0) is 15.1. The number of hydrogen-bond donors (Lipinski definition) is 2. The molecule has 0 saturated carbocycles. The van der Waals surface area contributed by atoms with Crippen molar-refractivity contribution < 1.29 is 9.53 Å². The highest BCUT2D eigenvalue weighted by Crippen LogP contribution is 2.22. The lowest BCUT2D eigenvalue weighted by Gasteiger charge is -2.28. The van der Waals surface area contributed by atoms with Gasteiger partial charge in [-0.2, -0.15) is 0 Å². The Balaban J connectivity index is 1.75. The minimum absolute atomic E-state index is 0.135. The van der Waals surface area contributed by atoms with Crippen molar-refractivity contribution in [3.05, 3.63) is 29.8 Å². The van der Waals surface area contributed by atoms with Crippen LogP contribution in [0.1, 0.15) is 31.7 Å². The van der Waals surface area contributed by atoms with E-state index in [1.54, 1.807) is 7.11 Å². The molecule has 1 amide bonds. The van der Waals surface area contributed by atoms with Crippen molar-refractivity contribution in [2.75, 3.05) is 20.2 Å². The Morgan fingerprint density at radius 2 is 2.38 bits per heavy atom. The molecule has 1 saturated heterocycles. The SMILES string of the molecule is COc1cccc(CNC(=O)CC(C)C2CCCNC2)c1. The number of nitrogens with one attached hydrogen (secondary N) is 2. The van der Waals surface area contributed by atoms with Crippen LogP contribution in [0.15, 0.2) is 24.3 Å². The molecule has 1 aromatic carbocycles. The maximum absolute atomic E-state index is 12.1. The van der Waals surface area contributed by atoms with Crippen LogP contribution in [0.4, 0.5) is 0 Å². The second-order valence-electron chi connectivity index (χ2n) is 5.92. The van der Waals surface area contributed by atoms with E-state index in [4.69, 9.17) is 4.74 Å². The molecule has 116 valence electrons. The van der Waals surface area contributed by atoms with E-state index in [9.17, 15) is 4.79 Å². The van der Waals surface area contributed by atoms with Crippen LogP contribution in [0.2, 0.25) is 0 Å². The summed E-state index contributed by atoms with van der Waals surface area (Å²) in [6.45, 7) is 4.91. The van der Waals surface area contributed by atoms with Crippen molar-refractivity contribution in [2.45, 2.75) is 32.7 Å². The maximum atomic E-state index is 12.1. The molecule has 0 spiro atoms. The van der Waals surface area contributed by atoms with Gasteiger partial charge in [0.25, 0.3) is 0 Å². The molecule has 2 unspecified atom stereocenters. The Bertz CT molecular complexity index is 456. The second-order valence-corrected chi connectivity index (χ2v) is 5.92. The van der Waals surface area contributed by atoms with Gasteiger partial charge in [-0.3, -0.25) is 4.79 Å². The van der Waals surface area contributed by atoms with E-state index in [1.807, 2.05) is 24.3 Å². The molecular weight excluding hydrogens is 264 g/mol. The first kappa shape index (κ1) is 15.8. The Kier molecular flexibility index (Phi) is 6.05. The van der Waals surface area contributed by atoms with Crippen LogP contribution in [0.25, 0.3) is 0 Å². The van der Waals surface area contributed by atoms with Gasteiger partial charge in [-0.15, -0.1) is 0 Å². The van der Waals surface area contributed by atoms with Crippen molar-refractivity contribution in [3.8, 4) is 5.75 Å². The number of carbonyl (C=O) groups is 1. The molecule has 2 N–H and O–H groups in total. The zero-order valence-electron chi connectivity index (χ0n) is 13.0. The molecule has 1 aliphatic heterocycles. The monoisotopic (exact) mass is 290 g/mol. The van der Waals surface area contributed by atoms with Crippen LogP contribution in [-0.2, 0) is 11.3 Å². The van der Waals surface area contributed by atoms with Crippen LogP contribution in [-0.4, -0.2) is 26.1 Å². The van der Waals surface area contributed by atoms with Gasteiger partial charge in [-0.25, -0.2) is 0 Å². The molecule has 1 heterocycles. The lowest BCUT2D eigenvalue weighted by atomic mass is 9.85. The molecule has 1 aliphatic rings. The van der Waals surface area contributed by atoms with E-state index < -0.39 is 0 Å². The molecule has 0 radical (unpaired) electrons. The summed E-state index contributed by atoms with van der Waals surface area (Å²) in [5.41, 5.74) is 1.06. The Hall–Kier alpha value is -1.55. The molecule has 21 heavy (non-hydrogen) atoms. The number of ether oxygens (including phenoxy) is 1. The number of carbonyl (C=O) groups excluding carboxylic acids is 1. The molecule has 0 aromatic heterocycles. The quantitative estimate of drug-likeness (QED) is 0.845. The Labute approximate surface area is 127 Å². The Morgan fingerprint density at radius 3 is 3.10 bits per heavy atom. The van der Waals surface area contributed by atoms with Crippen LogP contribution in [0, 0.1) is 11.8 Å². The topological polar surface area (TPSA) is 50.4 Å². The smallest absolute Gasteiger partial charge is 0.220 e. The highest BCUT2D eigenvalue weighted by atomic mass is 16.5. The van der Waals surface area contributed by atoms with Gasteiger partial charge in [0.1, 0.15) is 5.75 Å². The maximum Gasteiger partial charge on any atom is 0.220 e. The molecule has 2 rings (SSSR count). The fourth-order valence-electron chi connectivity index (χ4n) is 2.88. The van der Waals surface area contributed by atoms with Crippen molar-refractivity contribution in [3.63, 3.8) is 0 Å². The third kappa shape index (κ3) is 5.05. The molecule has 4 heteroatoms. The normalized spacial score (nSPS) is 19.8. The average molecular weight is 290 g/mol. The summed E-state index contributed by atoms with van der Waals surface area (Å²) in [6.07, 6.45) is 3.06. The third-order valence-corrected chi connectivity index (χ3v) is 4.27. The summed E-state index contributed by atoms with van der Waals surface area (Å²) in [5.74, 6) is 2.02. The fourth-order valence-corrected chi connectivity index (χ4v) is 2.88. The van der Waals surface area contributed by atoms with Gasteiger partial charge >= 0.3 is 0 Å². The highest BCUT2D eigenvalue weighted by molar-refractivity contribution is 5.76. The van der Waals surface area contributed by atoms with Crippen LogP contribution >= 0.6 is 0 Å². The van der Waals surface area contributed by atoms with Crippen LogP contribution in [0.3, 0.4) is 0 Å². The summed E-state index contributed by atoms with van der Waals surface area (Å²) in [4.78, 5) is 12.1. The number of hydrogen-bond acceptors (Lipinski definition) is 3. The fraction of sp³-hybridized carbons (Fsp3) is 0.588. The van der Waals surface area contributed by atoms with Crippen molar-refractivity contribution in [1.82, 2.24) is 10.6 Å². The number of piperidine rings is 1. The van der Waals surface area contributed by atoms with Gasteiger partial charge in [0.05, 0.1) is 7.11 Å². The van der Waals surface area contributed by atoms with Gasteiger partial charge in [0.2, 0.25) is 5.91 Å². The molecule has 2 atom stereocenters. The summed E-state index contributed by atoms with van der Waals surface area (Å²) in [5, 5.41) is 6.42. The predicted molar refractivity (Wildman–Crippen MR) is 84.2 cm³/mol. The largest absolute Gasteiger partial charge is 0.497 e. The third-order valence-electron chi connectivity index (χ3n) is 4.27. The average Bonchev–Trinajstić information content (AvgIpc) is 2.54. The van der Waals surface area contributed by atoms with Gasteiger partial charge in [0.15, 0.2) is 0 Å². The molecule has 0 bridgehead atoms. The minimum Gasteiger partial charge on any atom is -0.497 e. The van der Waals surface area contributed by atoms with E-state index in [2.05, 4.69) is 17.6 Å². The van der Waals surface area contributed by atoms with E-state index >= 15 is 0 Å². The second kappa shape index (κ2) is 8.03. The van der Waals surface area contributed by atoms with Gasteiger partial charge in [0, 0.05) is 13.0 Å².